The van der Waals surface area contributed by atoms with E-state index in [0.29, 0.717) is 18.6 Å². The highest BCUT2D eigenvalue weighted by molar-refractivity contribution is 5.97. The van der Waals surface area contributed by atoms with E-state index in [1.54, 1.807) is 10.6 Å². The normalized spacial score (nSPS) is 20.5. The fourth-order valence-corrected chi connectivity index (χ4v) is 3.26. The van der Waals surface area contributed by atoms with Crippen LogP contribution in [0.5, 0.6) is 0 Å². The molecule has 3 rings (SSSR count). The molecule has 2 amide bonds. The lowest BCUT2D eigenvalue weighted by molar-refractivity contribution is -0.125. The highest BCUT2D eigenvalue weighted by Crippen LogP contribution is 2.20. The molecule has 2 atom stereocenters. The average Bonchev–Trinajstić information content (AvgIpc) is 3.09. The Morgan fingerprint density at radius 2 is 2.04 bits per heavy atom. The van der Waals surface area contributed by atoms with E-state index in [2.05, 4.69) is 15.4 Å². The second-order valence-corrected chi connectivity index (χ2v) is 6.97. The van der Waals surface area contributed by atoms with Gasteiger partial charge in [-0.1, -0.05) is 0 Å². The maximum absolute atomic E-state index is 12.9. The molecule has 25 heavy (non-hydrogen) atoms. The van der Waals surface area contributed by atoms with Crippen LogP contribution in [0, 0.1) is 13.8 Å². The molecule has 0 radical (unpaired) electrons. The Hall–Kier alpha value is -2.48. The van der Waals surface area contributed by atoms with Gasteiger partial charge in [0.25, 0.3) is 5.91 Å². The van der Waals surface area contributed by atoms with Crippen molar-refractivity contribution in [1.29, 1.82) is 0 Å². The van der Waals surface area contributed by atoms with Gasteiger partial charge in [0.05, 0.1) is 0 Å². The summed E-state index contributed by atoms with van der Waals surface area (Å²) in [7, 11) is 0. The van der Waals surface area contributed by atoms with E-state index in [4.69, 9.17) is 5.73 Å². The summed E-state index contributed by atoms with van der Waals surface area (Å²) >= 11 is 0. The maximum Gasteiger partial charge on any atom is 0.275 e. The zero-order valence-corrected chi connectivity index (χ0v) is 15.0. The van der Waals surface area contributed by atoms with Gasteiger partial charge >= 0.3 is 0 Å². The van der Waals surface area contributed by atoms with E-state index in [9.17, 15) is 9.59 Å². The third-order valence-corrected chi connectivity index (χ3v) is 4.28. The van der Waals surface area contributed by atoms with Crippen LogP contribution in [-0.2, 0) is 4.79 Å². The predicted molar refractivity (Wildman–Crippen MR) is 93.2 cm³/mol. The number of nitrogens with one attached hydrogen (secondary N) is 1. The van der Waals surface area contributed by atoms with Crippen LogP contribution < -0.4 is 11.1 Å². The van der Waals surface area contributed by atoms with Crippen LogP contribution in [0.3, 0.4) is 0 Å². The Bertz CT molecular complexity index is 828. The number of nitrogens with zero attached hydrogens (tertiary/aromatic N) is 4. The van der Waals surface area contributed by atoms with Gasteiger partial charge in [-0.05, 0) is 40.2 Å². The number of hydrogen-bond donors (Lipinski definition) is 2. The summed E-state index contributed by atoms with van der Waals surface area (Å²) in [5.41, 5.74) is 8.66. The first kappa shape index (κ1) is 17.3. The van der Waals surface area contributed by atoms with E-state index in [-0.39, 0.29) is 29.6 Å². The molecule has 0 bridgehead atoms. The molecule has 1 saturated heterocycles. The lowest BCUT2D eigenvalue weighted by Crippen LogP contribution is -2.47. The van der Waals surface area contributed by atoms with Crippen molar-refractivity contribution in [3.8, 4) is 0 Å². The van der Waals surface area contributed by atoms with E-state index in [0.717, 1.165) is 11.4 Å². The lowest BCUT2D eigenvalue weighted by Gasteiger charge is -2.23. The molecule has 134 valence electrons. The minimum Gasteiger partial charge on any atom is -0.352 e. The van der Waals surface area contributed by atoms with Crippen molar-refractivity contribution >= 4 is 17.5 Å². The van der Waals surface area contributed by atoms with Crippen LogP contribution in [0.15, 0.2) is 12.1 Å². The van der Waals surface area contributed by atoms with Gasteiger partial charge in [0.1, 0.15) is 6.04 Å². The van der Waals surface area contributed by atoms with Gasteiger partial charge in [-0.2, -0.15) is 5.10 Å². The number of carbonyl (C=O) groups excluding carboxylic acids is 2. The van der Waals surface area contributed by atoms with Gasteiger partial charge < -0.3 is 16.0 Å². The van der Waals surface area contributed by atoms with Crippen molar-refractivity contribution in [2.75, 3.05) is 6.54 Å². The molecule has 1 aliphatic rings. The summed E-state index contributed by atoms with van der Waals surface area (Å²) in [5, 5.41) is 7.23. The molecular weight excluding hydrogens is 320 g/mol. The quantitative estimate of drug-likeness (QED) is 0.839. The second kappa shape index (κ2) is 6.44. The van der Waals surface area contributed by atoms with E-state index in [1.807, 2.05) is 33.8 Å². The van der Waals surface area contributed by atoms with Crippen molar-refractivity contribution < 1.29 is 9.59 Å². The summed E-state index contributed by atoms with van der Waals surface area (Å²) in [6.07, 6.45) is 0.452. The Morgan fingerprint density at radius 1 is 1.32 bits per heavy atom. The van der Waals surface area contributed by atoms with Crippen molar-refractivity contribution in [2.24, 2.45) is 5.73 Å². The highest BCUT2D eigenvalue weighted by Gasteiger charge is 2.39. The highest BCUT2D eigenvalue weighted by atomic mass is 16.2. The van der Waals surface area contributed by atoms with E-state index < -0.39 is 6.04 Å². The minimum atomic E-state index is -0.564. The number of nitrogens with two attached hydrogens (primary N) is 1. The monoisotopic (exact) mass is 344 g/mol. The van der Waals surface area contributed by atoms with E-state index >= 15 is 0 Å². The topological polar surface area (TPSA) is 106 Å². The molecule has 3 heterocycles. The van der Waals surface area contributed by atoms with Crippen LogP contribution >= 0.6 is 0 Å². The number of likely N-dealkylation sites (tertiary alicyclic amines) is 1. The van der Waals surface area contributed by atoms with Gasteiger partial charge in [-0.25, -0.2) is 9.50 Å². The second-order valence-electron chi connectivity index (χ2n) is 6.97. The number of rotatable bonds is 3. The Balaban J connectivity index is 1.90. The zero-order chi connectivity index (χ0) is 18.3. The number of aromatic nitrogens is 3. The molecule has 1 aliphatic heterocycles. The molecule has 0 unspecified atom stereocenters. The SMILES string of the molecule is Cc1cc(C)n2nc(C(=O)N3C[C@@H](N)C[C@H]3C(=O)NC(C)C)cc2n1. The van der Waals surface area contributed by atoms with Gasteiger partial charge in [0, 0.05) is 36.1 Å². The fraction of sp³-hybridized carbons (Fsp3) is 0.529. The molecule has 0 aliphatic carbocycles. The van der Waals surface area contributed by atoms with Crippen LogP contribution in [0.2, 0.25) is 0 Å². The molecule has 0 saturated carbocycles. The maximum atomic E-state index is 12.9. The lowest BCUT2D eigenvalue weighted by atomic mass is 10.1. The Labute approximate surface area is 146 Å². The van der Waals surface area contributed by atoms with Gasteiger partial charge in [0.15, 0.2) is 11.3 Å². The van der Waals surface area contributed by atoms with Gasteiger partial charge in [-0.15, -0.1) is 0 Å². The van der Waals surface area contributed by atoms with Crippen molar-refractivity contribution in [3.63, 3.8) is 0 Å². The predicted octanol–water partition coefficient (Wildman–Crippen LogP) is 0.413. The first-order valence-electron chi connectivity index (χ1n) is 8.47. The molecule has 0 aromatic carbocycles. The summed E-state index contributed by atoms with van der Waals surface area (Å²) in [6.45, 7) is 7.92. The number of aryl methyl sites for hydroxylation is 2. The van der Waals surface area contributed by atoms with E-state index in [1.165, 1.54) is 4.90 Å². The van der Waals surface area contributed by atoms with Crippen molar-refractivity contribution in [1.82, 2.24) is 24.8 Å². The molecule has 2 aromatic heterocycles. The van der Waals surface area contributed by atoms with Crippen molar-refractivity contribution in [3.05, 3.63) is 29.2 Å². The first-order valence-corrected chi connectivity index (χ1v) is 8.47. The third-order valence-electron chi connectivity index (χ3n) is 4.28. The van der Waals surface area contributed by atoms with Crippen LogP contribution in [-0.4, -0.2) is 56.0 Å². The summed E-state index contributed by atoms with van der Waals surface area (Å²) < 4.78 is 1.64. The minimum absolute atomic E-state index is 0.00583. The smallest absolute Gasteiger partial charge is 0.275 e. The molecule has 2 aromatic rings. The van der Waals surface area contributed by atoms with Gasteiger partial charge in [0.2, 0.25) is 5.91 Å². The molecule has 8 heteroatoms. The molecule has 8 nitrogen and oxygen atoms in total. The summed E-state index contributed by atoms with van der Waals surface area (Å²) in [5.74, 6) is -0.468. The molecule has 1 fully saturated rings. The van der Waals surface area contributed by atoms with Crippen LogP contribution in [0.25, 0.3) is 5.65 Å². The third kappa shape index (κ3) is 3.34. The van der Waals surface area contributed by atoms with Crippen molar-refractivity contribution in [2.45, 2.75) is 52.2 Å². The van der Waals surface area contributed by atoms with Crippen LogP contribution in [0.4, 0.5) is 0 Å². The number of fused-ring (bicyclic) bond motifs is 1. The molecular formula is C17H24N6O2. The average molecular weight is 344 g/mol. The molecule has 0 spiro atoms. The standard InChI is InChI=1S/C17H24N6O2/c1-9(2)19-16(24)14-6-12(18)8-22(14)17(25)13-7-15-20-10(3)5-11(4)23(15)21-13/h5,7,9,12,14H,6,8,18H2,1-4H3,(H,19,24)/t12-,14-/m0/s1. The largest absolute Gasteiger partial charge is 0.352 e. The summed E-state index contributed by atoms with van der Waals surface area (Å²) in [4.78, 5) is 31.3. The number of carbonyl (C=O) groups is 2. The Kier molecular flexibility index (Phi) is 4.47. The number of hydrogen-bond acceptors (Lipinski definition) is 5. The first-order chi connectivity index (χ1) is 11.8. The van der Waals surface area contributed by atoms with Crippen LogP contribution in [0.1, 0.15) is 42.1 Å². The number of amides is 2. The fourth-order valence-electron chi connectivity index (χ4n) is 3.26. The zero-order valence-electron chi connectivity index (χ0n) is 15.0. The summed E-state index contributed by atoms with van der Waals surface area (Å²) in [6, 6.07) is 2.78. The van der Waals surface area contributed by atoms with Gasteiger partial charge in [-0.3, -0.25) is 9.59 Å². The Morgan fingerprint density at radius 3 is 2.72 bits per heavy atom. The molecule has 3 N–H and O–H groups in total.